The third-order valence-electron chi connectivity index (χ3n) is 9.30. The first-order valence-electron chi connectivity index (χ1n) is 13.0. The number of amides is 2. The second-order valence-electron chi connectivity index (χ2n) is 11.8. The Labute approximate surface area is 198 Å². The fourth-order valence-electron chi connectivity index (χ4n) is 8.02. The SMILES string of the molecule is COc1cccc(C[C@@]2(CCC(=O)N(C)CCC34CC5CC(CC(C5)C3)C4)CCC(=O)N2)c1. The van der Waals surface area contributed by atoms with Crippen molar-refractivity contribution in [3.8, 4) is 5.75 Å². The van der Waals surface area contributed by atoms with Gasteiger partial charge in [0.2, 0.25) is 11.8 Å². The number of carbonyl (C=O) groups excluding carboxylic acids is 2. The zero-order chi connectivity index (χ0) is 23.1. The van der Waals surface area contributed by atoms with E-state index in [1.54, 1.807) is 7.11 Å². The first kappa shape index (κ1) is 22.7. The minimum absolute atomic E-state index is 0.0977. The van der Waals surface area contributed by atoms with E-state index in [0.29, 0.717) is 24.7 Å². The van der Waals surface area contributed by atoms with Gasteiger partial charge in [-0.3, -0.25) is 9.59 Å². The summed E-state index contributed by atoms with van der Waals surface area (Å²) in [6.07, 6.45) is 13.0. The average molecular weight is 453 g/mol. The van der Waals surface area contributed by atoms with E-state index in [4.69, 9.17) is 4.74 Å². The van der Waals surface area contributed by atoms with Crippen LogP contribution in [0.1, 0.15) is 76.2 Å². The topological polar surface area (TPSA) is 58.6 Å². The molecule has 1 N–H and O–H groups in total. The summed E-state index contributed by atoms with van der Waals surface area (Å²) >= 11 is 0. The van der Waals surface area contributed by atoms with Crippen molar-refractivity contribution < 1.29 is 14.3 Å². The summed E-state index contributed by atoms with van der Waals surface area (Å²) in [7, 11) is 3.65. The van der Waals surface area contributed by atoms with Crippen LogP contribution >= 0.6 is 0 Å². The third-order valence-corrected chi connectivity index (χ3v) is 9.30. The monoisotopic (exact) mass is 452 g/mol. The summed E-state index contributed by atoms with van der Waals surface area (Å²) in [5.74, 6) is 4.01. The van der Waals surface area contributed by atoms with Gasteiger partial charge in [0.05, 0.1) is 7.11 Å². The van der Waals surface area contributed by atoms with Crippen LogP contribution in [0.25, 0.3) is 0 Å². The number of methoxy groups -OCH3 is 1. The predicted molar refractivity (Wildman–Crippen MR) is 129 cm³/mol. The maximum Gasteiger partial charge on any atom is 0.222 e. The molecule has 1 aromatic carbocycles. The highest BCUT2D eigenvalue weighted by molar-refractivity contribution is 5.80. The number of nitrogens with zero attached hydrogens (tertiary/aromatic N) is 1. The number of benzene rings is 1. The van der Waals surface area contributed by atoms with E-state index in [0.717, 1.165) is 48.5 Å². The van der Waals surface area contributed by atoms with E-state index in [9.17, 15) is 9.59 Å². The molecule has 5 nitrogen and oxygen atoms in total. The van der Waals surface area contributed by atoms with Gasteiger partial charge in [-0.25, -0.2) is 0 Å². The molecule has 5 aliphatic rings. The quantitative estimate of drug-likeness (QED) is 0.589. The molecule has 1 aromatic rings. The lowest BCUT2D eigenvalue weighted by molar-refractivity contribution is -0.131. The minimum atomic E-state index is -0.333. The van der Waals surface area contributed by atoms with Crippen LogP contribution in [0.15, 0.2) is 24.3 Å². The van der Waals surface area contributed by atoms with Crippen molar-refractivity contribution >= 4 is 11.8 Å². The molecule has 180 valence electrons. The molecule has 1 heterocycles. The minimum Gasteiger partial charge on any atom is -0.497 e. The maximum absolute atomic E-state index is 13.1. The zero-order valence-electron chi connectivity index (χ0n) is 20.4. The van der Waals surface area contributed by atoms with Gasteiger partial charge in [-0.2, -0.15) is 0 Å². The number of rotatable bonds is 9. The Bertz CT molecular complexity index is 862. The Morgan fingerprint density at radius 1 is 1.12 bits per heavy atom. The highest BCUT2D eigenvalue weighted by Gasteiger charge is 2.50. The summed E-state index contributed by atoms with van der Waals surface area (Å²) in [4.78, 5) is 27.2. The molecular formula is C28H40N2O3. The lowest BCUT2D eigenvalue weighted by Gasteiger charge is -2.57. The smallest absolute Gasteiger partial charge is 0.222 e. The van der Waals surface area contributed by atoms with Crippen LogP contribution in [-0.4, -0.2) is 43.0 Å². The van der Waals surface area contributed by atoms with Gasteiger partial charge in [0.1, 0.15) is 5.75 Å². The van der Waals surface area contributed by atoms with Gasteiger partial charge in [0.25, 0.3) is 0 Å². The van der Waals surface area contributed by atoms with Crippen molar-refractivity contribution in [2.45, 2.75) is 82.6 Å². The first-order valence-corrected chi connectivity index (χ1v) is 13.0. The normalized spacial score (nSPS) is 34.4. The molecular weight excluding hydrogens is 412 g/mol. The van der Waals surface area contributed by atoms with E-state index in [1.165, 1.54) is 44.9 Å². The largest absolute Gasteiger partial charge is 0.497 e. The Morgan fingerprint density at radius 3 is 2.42 bits per heavy atom. The molecule has 0 radical (unpaired) electrons. The Morgan fingerprint density at radius 2 is 1.82 bits per heavy atom. The summed E-state index contributed by atoms with van der Waals surface area (Å²) in [6.45, 7) is 0.875. The van der Waals surface area contributed by atoms with Crippen molar-refractivity contribution in [2.75, 3.05) is 20.7 Å². The van der Waals surface area contributed by atoms with Gasteiger partial charge < -0.3 is 15.0 Å². The van der Waals surface area contributed by atoms with E-state index in [2.05, 4.69) is 11.4 Å². The summed E-state index contributed by atoms with van der Waals surface area (Å²) in [5.41, 5.74) is 1.31. The van der Waals surface area contributed by atoms with E-state index >= 15 is 0 Å². The summed E-state index contributed by atoms with van der Waals surface area (Å²) in [5, 5.41) is 3.22. The Balaban J connectivity index is 1.16. The van der Waals surface area contributed by atoms with Crippen LogP contribution in [0.5, 0.6) is 5.75 Å². The van der Waals surface area contributed by atoms with E-state index in [1.807, 2.05) is 30.1 Å². The fraction of sp³-hybridized carbons (Fsp3) is 0.714. The maximum atomic E-state index is 13.1. The van der Waals surface area contributed by atoms with Gasteiger partial charge in [-0.1, -0.05) is 12.1 Å². The number of hydrogen-bond donors (Lipinski definition) is 1. The molecule has 4 bridgehead atoms. The van der Waals surface area contributed by atoms with Crippen molar-refractivity contribution in [2.24, 2.45) is 23.2 Å². The second-order valence-corrected chi connectivity index (χ2v) is 11.8. The first-order chi connectivity index (χ1) is 15.9. The van der Waals surface area contributed by atoms with Crippen LogP contribution in [0.3, 0.4) is 0 Å². The fourth-order valence-corrected chi connectivity index (χ4v) is 8.02. The van der Waals surface area contributed by atoms with Gasteiger partial charge >= 0.3 is 0 Å². The summed E-state index contributed by atoms with van der Waals surface area (Å²) in [6, 6.07) is 8.04. The molecule has 0 aromatic heterocycles. The molecule has 4 saturated carbocycles. The number of carbonyl (C=O) groups is 2. The molecule has 0 spiro atoms. The van der Waals surface area contributed by atoms with Gasteiger partial charge in [-0.05, 0) is 105 Å². The molecule has 1 atom stereocenters. The molecule has 1 saturated heterocycles. The number of nitrogens with one attached hydrogen (secondary N) is 1. The lowest BCUT2D eigenvalue weighted by Crippen LogP contribution is -2.47. The standard InChI is InChI=1S/C28H40N2O3/c1-30(11-10-27-16-21-12-22(17-27)14-23(13-21)18-27)26(32)7-9-28(8-6-25(31)29-28)19-20-4-3-5-24(15-20)33-2/h3-5,15,21-23H,6-14,16-19H2,1-2H3,(H,29,31)/t21?,22?,23?,27?,28-/m0/s1. The highest BCUT2D eigenvalue weighted by atomic mass is 16.5. The zero-order valence-corrected chi connectivity index (χ0v) is 20.4. The van der Waals surface area contributed by atoms with E-state index in [-0.39, 0.29) is 17.4 Å². The van der Waals surface area contributed by atoms with Gasteiger partial charge in [0, 0.05) is 32.0 Å². The van der Waals surface area contributed by atoms with Crippen LogP contribution in [-0.2, 0) is 16.0 Å². The van der Waals surface area contributed by atoms with E-state index < -0.39 is 0 Å². The molecule has 5 fully saturated rings. The third kappa shape index (κ3) is 4.93. The van der Waals surface area contributed by atoms with Crippen LogP contribution < -0.4 is 10.1 Å². The van der Waals surface area contributed by atoms with Crippen LogP contribution in [0.2, 0.25) is 0 Å². The predicted octanol–water partition coefficient (Wildman–Crippen LogP) is 4.73. The summed E-state index contributed by atoms with van der Waals surface area (Å²) < 4.78 is 5.37. The number of ether oxygens (including phenoxy) is 1. The number of hydrogen-bond acceptors (Lipinski definition) is 3. The van der Waals surface area contributed by atoms with Gasteiger partial charge in [-0.15, -0.1) is 0 Å². The molecule has 6 rings (SSSR count). The molecule has 5 heteroatoms. The molecule has 0 unspecified atom stereocenters. The Kier molecular flexibility index (Phi) is 6.17. The van der Waals surface area contributed by atoms with Crippen molar-refractivity contribution in [1.29, 1.82) is 0 Å². The van der Waals surface area contributed by atoms with Crippen LogP contribution in [0, 0.1) is 23.2 Å². The van der Waals surface area contributed by atoms with Crippen LogP contribution in [0.4, 0.5) is 0 Å². The Hall–Kier alpha value is -2.04. The second kappa shape index (κ2) is 8.96. The average Bonchev–Trinajstić information content (AvgIpc) is 3.15. The van der Waals surface area contributed by atoms with Crippen molar-refractivity contribution in [3.63, 3.8) is 0 Å². The molecule has 33 heavy (non-hydrogen) atoms. The molecule has 2 amide bonds. The molecule has 1 aliphatic heterocycles. The molecule has 4 aliphatic carbocycles. The van der Waals surface area contributed by atoms with Crippen molar-refractivity contribution in [3.05, 3.63) is 29.8 Å². The van der Waals surface area contributed by atoms with Gasteiger partial charge in [0.15, 0.2) is 0 Å². The highest BCUT2D eigenvalue weighted by Crippen LogP contribution is 2.61. The van der Waals surface area contributed by atoms with Crippen molar-refractivity contribution in [1.82, 2.24) is 10.2 Å². The lowest BCUT2D eigenvalue weighted by atomic mass is 9.49.